The molecule has 1 rings (SSSR count). The zero-order chi connectivity index (χ0) is 13.1. The highest BCUT2D eigenvalue weighted by atomic mass is 16.7. The standard InChI is InChI=1S/C14H24O3/c1-6-16-11(3)17-9-12-8-7-10(2)14(4,5)13(12)15/h9-11H,6-8H2,1-5H3. The van der Waals surface area contributed by atoms with Crippen molar-refractivity contribution in [3.63, 3.8) is 0 Å². The van der Waals surface area contributed by atoms with E-state index < -0.39 is 0 Å². The van der Waals surface area contributed by atoms with Gasteiger partial charge in [0.1, 0.15) is 0 Å². The van der Waals surface area contributed by atoms with Crippen LogP contribution in [0.3, 0.4) is 0 Å². The van der Waals surface area contributed by atoms with Gasteiger partial charge in [-0.05, 0) is 32.6 Å². The summed E-state index contributed by atoms with van der Waals surface area (Å²) in [7, 11) is 0. The van der Waals surface area contributed by atoms with Gasteiger partial charge in [0.15, 0.2) is 12.1 Å². The monoisotopic (exact) mass is 240 g/mol. The third-order valence-corrected chi connectivity index (χ3v) is 3.76. The maximum atomic E-state index is 12.2. The van der Waals surface area contributed by atoms with Gasteiger partial charge in [-0.25, -0.2) is 0 Å². The lowest BCUT2D eigenvalue weighted by molar-refractivity contribution is -0.128. The molecule has 17 heavy (non-hydrogen) atoms. The molecule has 0 spiro atoms. The van der Waals surface area contributed by atoms with Crippen LogP contribution in [0, 0.1) is 11.3 Å². The molecule has 0 amide bonds. The van der Waals surface area contributed by atoms with Crippen molar-refractivity contribution in [2.75, 3.05) is 6.61 Å². The maximum absolute atomic E-state index is 12.2. The van der Waals surface area contributed by atoms with Gasteiger partial charge >= 0.3 is 0 Å². The second kappa shape index (κ2) is 5.67. The van der Waals surface area contributed by atoms with Crippen LogP contribution in [-0.2, 0) is 14.3 Å². The highest BCUT2D eigenvalue weighted by Gasteiger charge is 2.39. The average Bonchev–Trinajstić information content (AvgIpc) is 2.26. The third kappa shape index (κ3) is 3.32. The molecule has 0 aromatic rings. The number of carbonyl (C=O) groups is 1. The Morgan fingerprint density at radius 3 is 2.76 bits per heavy atom. The van der Waals surface area contributed by atoms with Crippen molar-refractivity contribution < 1.29 is 14.3 Å². The van der Waals surface area contributed by atoms with E-state index in [0.717, 1.165) is 18.4 Å². The molecule has 1 fully saturated rings. The molecular formula is C14H24O3. The molecule has 1 saturated carbocycles. The molecule has 0 saturated heterocycles. The molecule has 1 aliphatic rings. The van der Waals surface area contributed by atoms with Gasteiger partial charge in [-0.3, -0.25) is 4.79 Å². The van der Waals surface area contributed by atoms with Crippen LogP contribution in [0.15, 0.2) is 11.8 Å². The molecule has 0 bridgehead atoms. The Labute approximate surface area is 104 Å². The predicted octanol–water partition coefficient (Wildman–Crippen LogP) is 3.29. The first-order valence-corrected chi connectivity index (χ1v) is 6.40. The van der Waals surface area contributed by atoms with E-state index in [9.17, 15) is 4.79 Å². The Morgan fingerprint density at radius 1 is 1.53 bits per heavy atom. The number of Topliss-reactive ketones (excluding diaryl/α,β-unsaturated/α-hetero) is 1. The fraction of sp³-hybridized carbons (Fsp3) is 0.786. The predicted molar refractivity (Wildman–Crippen MR) is 67.4 cm³/mol. The van der Waals surface area contributed by atoms with Crippen molar-refractivity contribution in [3.8, 4) is 0 Å². The second-order valence-electron chi connectivity index (χ2n) is 5.29. The zero-order valence-corrected chi connectivity index (χ0v) is 11.6. The minimum atomic E-state index is -0.289. The number of carbonyl (C=O) groups excluding carboxylic acids is 1. The molecule has 1 aliphatic carbocycles. The summed E-state index contributed by atoms with van der Waals surface area (Å²) in [5.74, 6) is 0.636. The lowest BCUT2D eigenvalue weighted by atomic mass is 9.67. The lowest BCUT2D eigenvalue weighted by Crippen LogP contribution is -2.36. The number of rotatable bonds is 4. The molecule has 0 heterocycles. The second-order valence-corrected chi connectivity index (χ2v) is 5.29. The van der Waals surface area contributed by atoms with E-state index in [1.807, 2.05) is 27.7 Å². The van der Waals surface area contributed by atoms with Crippen LogP contribution in [-0.4, -0.2) is 18.7 Å². The van der Waals surface area contributed by atoms with Gasteiger partial charge in [-0.2, -0.15) is 0 Å². The Balaban J connectivity index is 2.66. The molecule has 3 heteroatoms. The summed E-state index contributed by atoms with van der Waals surface area (Å²) in [4.78, 5) is 12.2. The molecule has 0 radical (unpaired) electrons. The number of ketones is 1. The number of hydrogen-bond acceptors (Lipinski definition) is 3. The molecule has 0 aliphatic heterocycles. The maximum Gasteiger partial charge on any atom is 0.196 e. The highest BCUT2D eigenvalue weighted by molar-refractivity contribution is 6.00. The average molecular weight is 240 g/mol. The molecule has 0 aromatic carbocycles. The van der Waals surface area contributed by atoms with Gasteiger partial charge in [0.2, 0.25) is 0 Å². The number of hydrogen-bond donors (Lipinski definition) is 0. The van der Waals surface area contributed by atoms with Crippen LogP contribution in [0.25, 0.3) is 0 Å². The van der Waals surface area contributed by atoms with Crippen molar-refractivity contribution in [2.24, 2.45) is 11.3 Å². The van der Waals surface area contributed by atoms with Crippen molar-refractivity contribution >= 4 is 5.78 Å². The fourth-order valence-electron chi connectivity index (χ4n) is 2.05. The summed E-state index contributed by atoms with van der Waals surface area (Å²) in [6, 6.07) is 0. The van der Waals surface area contributed by atoms with Gasteiger partial charge in [0.25, 0.3) is 0 Å². The van der Waals surface area contributed by atoms with E-state index in [-0.39, 0.29) is 17.5 Å². The zero-order valence-electron chi connectivity index (χ0n) is 11.6. The minimum absolute atomic E-state index is 0.208. The molecule has 2 atom stereocenters. The van der Waals surface area contributed by atoms with Gasteiger partial charge in [-0.15, -0.1) is 0 Å². The summed E-state index contributed by atoms with van der Waals surface area (Å²) in [5, 5.41) is 0. The van der Waals surface area contributed by atoms with Crippen LogP contribution in [0.4, 0.5) is 0 Å². The first-order chi connectivity index (χ1) is 7.89. The van der Waals surface area contributed by atoms with Crippen molar-refractivity contribution in [1.82, 2.24) is 0 Å². The van der Waals surface area contributed by atoms with Gasteiger partial charge < -0.3 is 9.47 Å². The molecule has 3 nitrogen and oxygen atoms in total. The van der Waals surface area contributed by atoms with Crippen molar-refractivity contribution in [2.45, 2.75) is 53.8 Å². The molecule has 0 aromatic heterocycles. The molecule has 98 valence electrons. The van der Waals surface area contributed by atoms with Crippen molar-refractivity contribution in [3.05, 3.63) is 11.8 Å². The Bertz CT molecular complexity index is 305. The first-order valence-electron chi connectivity index (χ1n) is 6.40. The Kier molecular flexibility index (Phi) is 4.75. The smallest absolute Gasteiger partial charge is 0.196 e. The summed E-state index contributed by atoms with van der Waals surface area (Å²) >= 11 is 0. The molecule has 0 N–H and O–H groups in total. The SMILES string of the molecule is CCOC(C)OC=C1CCC(C)C(C)(C)C1=O. The third-order valence-electron chi connectivity index (χ3n) is 3.76. The van der Waals surface area contributed by atoms with Crippen LogP contribution in [0.2, 0.25) is 0 Å². The van der Waals surface area contributed by atoms with Crippen LogP contribution in [0.5, 0.6) is 0 Å². The summed E-state index contributed by atoms with van der Waals surface area (Å²) in [6.07, 6.45) is 3.15. The van der Waals surface area contributed by atoms with E-state index >= 15 is 0 Å². The van der Waals surface area contributed by atoms with Gasteiger partial charge in [-0.1, -0.05) is 20.8 Å². The first kappa shape index (κ1) is 14.2. The minimum Gasteiger partial charge on any atom is -0.472 e. The van der Waals surface area contributed by atoms with Crippen LogP contribution < -0.4 is 0 Å². The van der Waals surface area contributed by atoms with Crippen LogP contribution >= 0.6 is 0 Å². The number of ether oxygens (including phenoxy) is 2. The van der Waals surface area contributed by atoms with Gasteiger partial charge in [0.05, 0.1) is 6.26 Å². The Morgan fingerprint density at radius 2 is 2.18 bits per heavy atom. The topological polar surface area (TPSA) is 35.5 Å². The van der Waals surface area contributed by atoms with Crippen molar-refractivity contribution in [1.29, 1.82) is 0 Å². The van der Waals surface area contributed by atoms with E-state index in [1.165, 1.54) is 0 Å². The van der Waals surface area contributed by atoms with E-state index in [0.29, 0.717) is 12.5 Å². The normalized spacial score (nSPS) is 28.2. The van der Waals surface area contributed by atoms with Crippen LogP contribution in [0.1, 0.15) is 47.5 Å². The molecular weight excluding hydrogens is 216 g/mol. The largest absolute Gasteiger partial charge is 0.472 e. The van der Waals surface area contributed by atoms with E-state index in [1.54, 1.807) is 6.26 Å². The number of allylic oxidation sites excluding steroid dienone is 1. The lowest BCUT2D eigenvalue weighted by Gasteiger charge is -2.35. The van der Waals surface area contributed by atoms with E-state index in [2.05, 4.69) is 6.92 Å². The Hall–Kier alpha value is -0.830. The summed E-state index contributed by atoms with van der Waals surface area (Å²) in [5.41, 5.74) is 0.516. The highest BCUT2D eigenvalue weighted by Crippen LogP contribution is 2.39. The molecule has 2 unspecified atom stereocenters. The quantitative estimate of drug-likeness (QED) is 0.430. The fourth-order valence-corrected chi connectivity index (χ4v) is 2.05. The van der Waals surface area contributed by atoms with Gasteiger partial charge in [0, 0.05) is 17.6 Å². The summed E-state index contributed by atoms with van der Waals surface area (Å²) < 4.78 is 10.7. The van der Waals surface area contributed by atoms with E-state index in [4.69, 9.17) is 9.47 Å². The summed E-state index contributed by atoms with van der Waals surface area (Å²) in [6.45, 7) is 10.5.